The van der Waals surface area contributed by atoms with Gasteiger partial charge in [-0.25, -0.2) is 9.18 Å². The molecule has 1 aromatic carbocycles. The van der Waals surface area contributed by atoms with Crippen molar-refractivity contribution in [2.75, 3.05) is 0 Å². The molecule has 1 N–H and O–H groups in total. The van der Waals surface area contributed by atoms with Gasteiger partial charge in [0.1, 0.15) is 12.3 Å². The maximum atomic E-state index is 13.2. The van der Waals surface area contributed by atoms with Gasteiger partial charge < -0.3 is 9.84 Å². The number of carbonyl (C=O) groups excluding carboxylic acids is 1. The molecule has 1 fully saturated rings. The van der Waals surface area contributed by atoms with Gasteiger partial charge in [-0.1, -0.05) is 18.2 Å². The number of ether oxygens (including phenoxy) is 1. The molecule has 0 unspecified atom stereocenters. The van der Waals surface area contributed by atoms with Crippen LogP contribution >= 0.6 is 0 Å². The average Bonchev–Trinajstić information content (AvgIpc) is 2.35. The molecule has 1 aliphatic rings. The highest BCUT2D eigenvalue weighted by Gasteiger charge is 2.31. The van der Waals surface area contributed by atoms with Crippen molar-refractivity contribution < 1.29 is 19.0 Å². The molecule has 1 aromatic rings. The normalized spacial score (nSPS) is 28.7. The van der Waals surface area contributed by atoms with Crippen molar-refractivity contribution in [2.24, 2.45) is 0 Å². The van der Waals surface area contributed by atoms with E-state index in [1.54, 1.807) is 24.3 Å². The summed E-state index contributed by atoms with van der Waals surface area (Å²) in [6.07, 6.45) is -1.70. The number of carbonyl (C=O) groups is 1. The van der Waals surface area contributed by atoms with Crippen molar-refractivity contribution >= 4 is 5.97 Å². The number of alkyl halides is 1. The zero-order valence-corrected chi connectivity index (χ0v) is 9.38. The van der Waals surface area contributed by atoms with Gasteiger partial charge in [0.15, 0.2) is 0 Å². The molecule has 3 atom stereocenters. The van der Waals surface area contributed by atoms with Gasteiger partial charge in [0.05, 0.1) is 11.7 Å². The van der Waals surface area contributed by atoms with Gasteiger partial charge >= 0.3 is 5.97 Å². The summed E-state index contributed by atoms with van der Waals surface area (Å²) >= 11 is 0. The zero-order valence-electron chi connectivity index (χ0n) is 9.38. The number of hydrogen-bond donors (Lipinski definition) is 1. The monoisotopic (exact) mass is 238 g/mol. The Morgan fingerprint density at radius 2 is 2.00 bits per heavy atom. The van der Waals surface area contributed by atoms with Crippen LogP contribution < -0.4 is 0 Å². The topological polar surface area (TPSA) is 46.5 Å². The predicted octanol–water partition coefficient (Wildman–Crippen LogP) is 2.09. The molecule has 3 nitrogen and oxygen atoms in total. The van der Waals surface area contributed by atoms with Crippen LogP contribution in [0.2, 0.25) is 0 Å². The molecule has 92 valence electrons. The minimum atomic E-state index is -1.29. The Morgan fingerprint density at radius 3 is 2.65 bits per heavy atom. The Hall–Kier alpha value is -1.42. The largest absolute Gasteiger partial charge is 0.459 e. The number of hydrogen-bond acceptors (Lipinski definition) is 3. The van der Waals surface area contributed by atoms with E-state index in [-0.39, 0.29) is 6.42 Å². The van der Waals surface area contributed by atoms with Crippen molar-refractivity contribution in [3.63, 3.8) is 0 Å². The van der Waals surface area contributed by atoms with Crippen LogP contribution in [0, 0.1) is 0 Å². The number of rotatable bonds is 2. The fourth-order valence-corrected chi connectivity index (χ4v) is 1.96. The van der Waals surface area contributed by atoms with E-state index in [4.69, 9.17) is 4.74 Å². The van der Waals surface area contributed by atoms with Crippen LogP contribution in [-0.4, -0.2) is 29.5 Å². The third kappa shape index (κ3) is 3.03. The highest BCUT2D eigenvalue weighted by Crippen LogP contribution is 2.24. The predicted molar refractivity (Wildman–Crippen MR) is 60.4 cm³/mol. The van der Waals surface area contributed by atoms with Crippen molar-refractivity contribution in [1.82, 2.24) is 0 Å². The van der Waals surface area contributed by atoms with Crippen LogP contribution in [0.3, 0.4) is 0 Å². The number of benzene rings is 1. The Labute approximate surface area is 99.2 Å². The van der Waals surface area contributed by atoms with Gasteiger partial charge in [-0.15, -0.1) is 0 Å². The van der Waals surface area contributed by atoms with E-state index in [1.165, 1.54) is 0 Å². The lowest BCUT2D eigenvalue weighted by atomic mass is 9.93. The van der Waals surface area contributed by atoms with Crippen molar-refractivity contribution in [1.29, 1.82) is 0 Å². The Bertz CT molecular complexity index is 380. The fourth-order valence-electron chi connectivity index (χ4n) is 1.96. The molecule has 4 heteroatoms. The first-order chi connectivity index (χ1) is 8.16. The summed E-state index contributed by atoms with van der Waals surface area (Å²) in [4.78, 5) is 11.7. The van der Waals surface area contributed by atoms with Crippen LogP contribution in [0.15, 0.2) is 30.3 Å². The summed E-state index contributed by atoms with van der Waals surface area (Å²) in [6, 6.07) is 8.63. The molecule has 17 heavy (non-hydrogen) atoms. The van der Waals surface area contributed by atoms with Gasteiger partial charge in [0.2, 0.25) is 0 Å². The second-order valence-corrected chi connectivity index (χ2v) is 4.29. The lowest BCUT2D eigenvalue weighted by molar-refractivity contribution is -0.0283. The first kappa shape index (κ1) is 12.0. The maximum absolute atomic E-state index is 13.2. The number of aliphatic hydroxyl groups excluding tert-OH is 1. The third-order valence-corrected chi connectivity index (χ3v) is 2.97. The minimum Gasteiger partial charge on any atom is -0.459 e. The Morgan fingerprint density at radius 1 is 1.29 bits per heavy atom. The van der Waals surface area contributed by atoms with Gasteiger partial charge in [-0.2, -0.15) is 0 Å². The molecule has 0 aliphatic heterocycles. The summed E-state index contributed by atoms with van der Waals surface area (Å²) in [5, 5.41) is 9.23. The smallest absolute Gasteiger partial charge is 0.338 e. The number of esters is 1. The van der Waals surface area contributed by atoms with Crippen LogP contribution in [0.4, 0.5) is 4.39 Å². The molecule has 0 aromatic heterocycles. The van der Waals surface area contributed by atoms with E-state index in [0.717, 1.165) is 0 Å². The average molecular weight is 238 g/mol. The zero-order chi connectivity index (χ0) is 12.3. The summed E-state index contributed by atoms with van der Waals surface area (Å²) in [5.41, 5.74) is 0.467. The SMILES string of the molecule is O=C(O[C@@H]1CC[C@H](O)[C@@H](F)C1)c1ccccc1. The van der Waals surface area contributed by atoms with Gasteiger partial charge in [0, 0.05) is 6.42 Å². The second kappa shape index (κ2) is 5.27. The van der Waals surface area contributed by atoms with E-state index in [2.05, 4.69) is 0 Å². The van der Waals surface area contributed by atoms with Crippen molar-refractivity contribution in [2.45, 2.75) is 37.6 Å². The lowest BCUT2D eigenvalue weighted by Crippen LogP contribution is -2.35. The highest BCUT2D eigenvalue weighted by atomic mass is 19.1. The lowest BCUT2D eigenvalue weighted by Gasteiger charge is -2.28. The molecular formula is C13H15FO3. The van der Waals surface area contributed by atoms with Crippen LogP contribution in [0.25, 0.3) is 0 Å². The minimum absolute atomic E-state index is 0.0831. The van der Waals surface area contributed by atoms with E-state index in [9.17, 15) is 14.3 Å². The molecule has 0 radical (unpaired) electrons. The van der Waals surface area contributed by atoms with Crippen LogP contribution in [-0.2, 0) is 4.74 Å². The summed E-state index contributed by atoms with van der Waals surface area (Å²) < 4.78 is 18.4. The van der Waals surface area contributed by atoms with Gasteiger partial charge in [-0.05, 0) is 25.0 Å². The molecular weight excluding hydrogens is 223 g/mol. The first-order valence-corrected chi connectivity index (χ1v) is 5.75. The van der Waals surface area contributed by atoms with Gasteiger partial charge in [0.25, 0.3) is 0 Å². The molecule has 0 bridgehead atoms. The summed E-state index contributed by atoms with van der Waals surface area (Å²) in [7, 11) is 0. The molecule has 1 aliphatic carbocycles. The van der Waals surface area contributed by atoms with Crippen LogP contribution in [0.5, 0.6) is 0 Å². The Kier molecular flexibility index (Phi) is 3.74. The van der Waals surface area contributed by atoms with Crippen molar-refractivity contribution in [3.05, 3.63) is 35.9 Å². The third-order valence-electron chi connectivity index (χ3n) is 2.97. The van der Waals surface area contributed by atoms with Gasteiger partial charge in [-0.3, -0.25) is 0 Å². The molecule has 0 amide bonds. The first-order valence-electron chi connectivity index (χ1n) is 5.75. The standard InChI is InChI=1S/C13H15FO3/c14-11-8-10(6-7-12(11)15)17-13(16)9-4-2-1-3-5-9/h1-5,10-12,15H,6-8H2/t10-,11+,12+/m1/s1. The molecule has 0 heterocycles. The van der Waals surface area contributed by atoms with E-state index in [1.807, 2.05) is 6.07 Å². The number of aliphatic hydroxyl groups is 1. The molecule has 0 spiro atoms. The highest BCUT2D eigenvalue weighted by molar-refractivity contribution is 5.89. The Balaban J connectivity index is 1.92. The van der Waals surface area contributed by atoms with Crippen LogP contribution in [0.1, 0.15) is 29.6 Å². The summed E-state index contributed by atoms with van der Waals surface area (Å²) in [5.74, 6) is -0.431. The maximum Gasteiger partial charge on any atom is 0.338 e. The van der Waals surface area contributed by atoms with E-state index >= 15 is 0 Å². The fraction of sp³-hybridized carbons (Fsp3) is 0.462. The van der Waals surface area contributed by atoms with E-state index < -0.39 is 24.3 Å². The second-order valence-electron chi connectivity index (χ2n) is 4.29. The summed E-state index contributed by atoms with van der Waals surface area (Å²) in [6.45, 7) is 0. The molecule has 1 saturated carbocycles. The quantitative estimate of drug-likeness (QED) is 0.802. The van der Waals surface area contributed by atoms with Crippen molar-refractivity contribution in [3.8, 4) is 0 Å². The molecule has 0 saturated heterocycles. The van der Waals surface area contributed by atoms with E-state index in [0.29, 0.717) is 18.4 Å². The molecule has 2 rings (SSSR count). The number of halogens is 1.